The number of hydrogen-bond donors (Lipinski definition) is 1. The number of anilines is 1. The van der Waals surface area contributed by atoms with Crippen LogP contribution in [0.25, 0.3) is 33.1 Å². The van der Waals surface area contributed by atoms with Crippen molar-refractivity contribution in [3.8, 4) is 22.2 Å². The molecular weight excluding hydrogens is 388 g/mol. The molecule has 7 nitrogen and oxygen atoms in total. The van der Waals surface area contributed by atoms with Gasteiger partial charge in [0.25, 0.3) is 11.8 Å². The van der Waals surface area contributed by atoms with Crippen molar-refractivity contribution in [2.75, 3.05) is 5.32 Å². The van der Waals surface area contributed by atoms with Gasteiger partial charge in [-0.15, -0.1) is 16.4 Å². The molecule has 1 aromatic carbocycles. The van der Waals surface area contributed by atoms with E-state index in [9.17, 15) is 4.79 Å². The van der Waals surface area contributed by atoms with Crippen molar-refractivity contribution < 1.29 is 13.6 Å². The maximum Gasteiger partial charge on any atom is 0.322 e. The Bertz CT molecular complexity index is 1310. The monoisotopic (exact) mass is 402 g/mol. The van der Waals surface area contributed by atoms with Gasteiger partial charge in [-0.2, -0.15) is 0 Å². The van der Waals surface area contributed by atoms with Crippen LogP contribution in [0.5, 0.6) is 0 Å². The third-order valence-electron chi connectivity index (χ3n) is 4.44. The summed E-state index contributed by atoms with van der Waals surface area (Å²) in [7, 11) is 0. The number of aryl methyl sites for hydroxylation is 1. The van der Waals surface area contributed by atoms with E-state index in [1.807, 2.05) is 42.6 Å². The molecular formula is C21H14N4O3S. The highest BCUT2D eigenvalue weighted by molar-refractivity contribution is 7.13. The smallest absolute Gasteiger partial charge is 0.322 e. The molecule has 5 aromatic rings. The average Bonchev–Trinajstić information content (AvgIpc) is 3.49. The maximum atomic E-state index is 13.1. The lowest BCUT2D eigenvalue weighted by Crippen LogP contribution is -2.13. The van der Waals surface area contributed by atoms with E-state index in [0.717, 1.165) is 27.0 Å². The lowest BCUT2D eigenvalue weighted by atomic mass is 10.0. The normalized spacial score (nSPS) is 11.1. The van der Waals surface area contributed by atoms with Crippen LogP contribution in [-0.2, 0) is 0 Å². The summed E-state index contributed by atoms with van der Waals surface area (Å²) < 4.78 is 10.7. The molecule has 1 N–H and O–H groups in total. The molecule has 5 rings (SSSR count). The summed E-state index contributed by atoms with van der Waals surface area (Å²) in [5.74, 6) is 0.276. The first-order valence-electron chi connectivity index (χ1n) is 8.82. The van der Waals surface area contributed by atoms with Crippen LogP contribution in [-0.4, -0.2) is 21.1 Å². The fourth-order valence-corrected chi connectivity index (χ4v) is 3.75. The third kappa shape index (κ3) is 3.19. The van der Waals surface area contributed by atoms with Gasteiger partial charge in [0.2, 0.25) is 0 Å². The molecule has 4 aromatic heterocycles. The molecule has 0 aliphatic rings. The second kappa shape index (κ2) is 6.99. The first-order valence-corrected chi connectivity index (χ1v) is 9.70. The topological polar surface area (TPSA) is 94.1 Å². The third-order valence-corrected chi connectivity index (χ3v) is 5.33. The predicted octanol–water partition coefficient (Wildman–Crippen LogP) is 5.17. The van der Waals surface area contributed by atoms with Gasteiger partial charge in [-0.3, -0.25) is 10.1 Å². The Balaban J connectivity index is 1.55. The number of nitrogens with zero attached hydrogens (tertiary/aromatic N) is 3. The van der Waals surface area contributed by atoms with E-state index in [2.05, 4.69) is 15.5 Å². The quantitative estimate of drug-likeness (QED) is 0.446. The molecule has 4 heterocycles. The van der Waals surface area contributed by atoms with Crippen LogP contribution in [0.15, 0.2) is 69.0 Å². The number of carbonyl (C=O) groups is 1. The van der Waals surface area contributed by atoms with Gasteiger partial charge >= 0.3 is 6.01 Å². The van der Waals surface area contributed by atoms with Gasteiger partial charge < -0.3 is 8.83 Å². The summed E-state index contributed by atoms with van der Waals surface area (Å²) in [6.45, 7) is 1.98. The lowest BCUT2D eigenvalue weighted by molar-refractivity contribution is 0.102. The number of para-hydroxylation sites is 1. The fraction of sp³-hybridized carbons (Fsp3) is 0.0476. The molecule has 0 saturated heterocycles. The van der Waals surface area contributed by atoms with Crippen molar-refractivity contribution in [3.63, 3.8) is 0 Å². The molecule has 142 valence electrons. The Labute approximate surface area is 169 Å². The number of thiophene rings is 1. The molecule has 0 aliphatic carbocycles. The Kier molecular flexibility index (Phi) is 4.18. The minimum Gasteiger partial charge on any atom is -0.459 e. The number of rotatable bonds is 4. The molecule has 8 heteroatoms. The van der Waals surface area contributed by atoms with Crippen molar-refractivity contribution in [2.45, 2.75) is 6.92 Å². The average molecular weight is 402 g/mol. The largest absolute Gasteiger partial charge is 0.459 e. The zero-order chi connectivity index (χ0) is 19.8. The van der Waals surface area contributed by atoms with Crippen molar-refractivity contribution in [1.82, 2.24) is 15.2 Å². The van der Waals surface area contributed by atoms with Crippen molar-refractivity contribution in [3.05, 3.63) is 71.3 Å². The van der Waals surface area contributed by atoms with Crippen LogP contribution >= 0.6 is 11.3 Å². The minimum absolute atomic E-state index is 0.00307. The molecule has 0 unspecified atom stereocenters. The van der Waals surface area contributed by atoms with Gasteiger partial charge in [0.1, 0.15) is 0 Å². The Morgan fingerprint density at radius 3 is 2.83 bits per heavy atom. The van der Waals surface area contributed by atoms with Crippen molar-refractivity contribution in [1.29, 1.82) is 0 Å². The number of nitrogens with one attached hydrogen (secondary N) is 1. The minimum atomic E-state index is -0.351. The molecule has 0 fully saturated rings. The second-order valence-corrected chi connectivity index (χ2v) is 7.29. The number of amides is 1. The van der Waals surface area contributed by atoms with Gasteiger partial charge in [0.15, 0.2) is 5.76 Å². The second-order valence-electron chi connectivity index (χ2n) is 6.35. The molecule has 0 radical (unpaired) electrons. The van der Waals surface area contributed by atoms with E-state index in [0.29, 0.717) is 11.3 Å². The highest BCUT2D eigenvalue weighted by Gasteiger charge is 2.18. The number of fused-ring (bicyclic) bond motifs is 1. The van der Waals surface area contributed by atoms with Gasteiger partial charge in [-0.05, 0) is 42.1 Å². The van der Waals surface area contributed by atoms with Crippen LogP contribution in [0.1, 0.15) is 15.9 Å². The molecule has 0 bridgehead atoms. The first-order chi connectivity index (χ1) is 14.2. The molecule has 0 saturated carbocycles. The number of aromatic nitrogens is 3. The number of pyridine rings is 1. The Hall–Kier alpha value is -3.78. The summed E-state index contributed by atoms with van der Waals surface area (Å²) in [5, 5.41) is 13.2. The maximum absolute atomic E-state index is 13.1. The highest BCUT2D eigenvalue weighted by atomic mass is 32.1. The molecule has 29 heavy (non-hydrogen) atoms. The van der Waals surface area contributed by atoms with E-state index in [1.165, 1.54) is 6.26 Å². The predicted molar refractivity (Wildman–Crippen MR) is 110 cm³/mol. The fourth-order valence-electron chi connectivity index (χ4n) is 3.07. The summed E-state index contributed by atoms with van der Waals surface area (Å²) in [4.78, 5) is 18.8. The summed E-state index contributed by atoms with van der Waals surface area (Å²) in [5.41, 5.74) is 3.01. The lowest BCUT2D eigenvalue weighted by Gasteiger charge is -2.10. The highest BCUT2D eigenvalue weighted by Crippen LogP contribution is 2.30. The van der Waals surface area contributed by atoms with E-state index < -0.39 is 0 Å². The van der Waals surface area contributed by atoms with Gasteiger partial charge in [-0.25, -0.2) is 4.98 Å². The SMILES string of the molecule is Cc1cccc2c(C(=O)Nc3nnc(-c4ccco4)o3)cc(-c3cccs3)nc12. The zero-order valence-electron chi connectivity index (χ0n) is 15.2. The molecule has 0 aliphatic heterocycles. The number of furan rings is 1. The first kappa shape index (κ1) is 17.3. The van der Waals surface area contributed by atoms with Crippen molar-refractivity contribution in [2.24, 2.45) is 0 Å². The van der Waals surface area contributed by atoms with E-state index in [-0.39, 0.29) is 17.8 Å². The molecule has 1 amide bonds. The summed E-state index contributed by atoms with van der Waals surface area (Å²) >= 11 is 1.57. The summed E-state index contributed by atoms with van der Waals surface area (Å²) in [6.07, 6.45) is 1.51. The van der Waals surface area contributed by atoms with E-state index in [1.54, 1.807) is 29.5 Å². The van der Waals surface area contributed by atoms with Gasteiger partial charge in [-0.1, -0.05) is 29.4 Å². The zero-order valence-corrected chi connectivity index (χ0v) is 16.1. The Morgan fingerprint density at radius 1 is 1.10 bits per heavy atom. The molecule has 0 atom stereocenters. The van der Waals surface area contributed by atoms with E-state index in [4.69, 9.17) is 13.8 Å². The van der Waals surface area contributed by atoms with Crippen molar-refractivity contribution >= 4 is 34.2 Å². The number of benzene rings is 1. The van der Waals surface area contributed by atoms with Gasteiger partial charge in [0, 0.05) is 5.39 Å². The number of hydrogen-bond acceptors (Lipinski definition) is 7. The van der Waals surface area contributed by atoms with Crippen LogP contribution in [0.4, 0.5) is 6.01 Å². The number of carbonyl (C=O) groups excluding carboxylic acids is 1. The molecule has 0 spiro atoms. The van der Waals surface area contributed by atoms with Gasteiger partial charge in [0.05, 0.1) is 27.9 Å². The van der Waals surface area contributed by atoms with Crippen LogP contribution < -0.4 is 5.32 Å². The Morgan fingerprint density at radius 2 is 2.03 bits per heavy atom. The van der Waals surface area contributed by atoms with Crippen LogP contribution in [0.3, 0.4) is 0 Å². The standard InChI is InChI=1S/C21H14N4O3S/c1-12-5-2-6-13-14(11-15(22-18(12)13)17-8-4-10-29-17)19(26)23-21-25-24-20(28-21)16-7-3-9-27-16/h2-11H,1H3,(H,23,25,26). The van der Waals surface area contributed by atoms with Crippen LogP contribution in [0.2, 0.25) is 0 Å². The summed E-state index contributed by atoms with van der Waals surface area (Å²) in [6, 6.07) is 14.9. The van der Waals surface area contributed by atoms with Crippen LogP contribution in [0, 0.1) is 6.92 Å². The van der Waals surface area contributed by atoms with E-state index >= 15 is 0 Å².